The Bertz CT molecular complexity index is 1090. The van der Waals surface area contributed by atoms with E-state index in [-0.39, 0.29) is 11.7 Å². The highest BCUT2D eigenvalue weighted by Crippen LogP contribution is 2.28. The molecule has 1 N–H and O–H groups in total. The van der Waals surface area contributed by atoms with E-state index in [0.29, 0.717) is 5.03 Å². The molecule has 26 heavy (non-hydrogen) atoms. The van der Waals surface area contributed by atoms with Gasteiger partial charge in [-0.3, -0.25) is 9.20 Å². The molecule has 0 saturated carbocycles. The summed E-state index contributed by atoms with van der Waals surface area (Å²) in [7, 11) is 1.60. The van der Waals surface area contributed by atoms with Crippen LogP contribution in [0.3, 0.4) is 0 Å². The average Bonchev–Trinajstić information content (AvgIpc) is 3.17. The number of hydrogen-bond acceptors (Lipinski definition) is 6. The lowest BCUT2D eigenvalue weighted by Crippen LogP contribution is -2.14. The van der Waals surface area contributed by atoms with Crippen molar-refractivity contribution in [1.82, 2.24) is 14.6 Å². The minimum Gasteiger partial charge on any atom is -0.497 e. The van der Waals surface area contributed by atoms with Crippen molar-refractivity contribution in [3.05, 3.63) is 48.5 Å². The topological polar surface area (TPSA) is 81.7 Å². The van der Waals surface area contributed by atoms with Gasteiger partial charge in [0.1, 0.15) is 22.9 Å². The van der Waals surface area contributed by atoms with Crippen molar-refractivity contribution >= 4 is 40.0 Å². The summed E-state index contributed by atoms with van der Waals surface area (Å²) in [5, 5.41) is 11.7. The van der Waals surface area contributed by atoms with Gasteiger partial charge in [-0.15, -0.1) is 10.2 Å². The molecule has 0 bridgehead atoms. The van der Waals surface area contributed by atoms with Gasteiger partial charge in [0.15, 0.2) is 5.58 Å². The molecular weight excluding hydrogens is 352 g/mol. The van der Waals surface area contributed by atoms with Crippen LogP contribution in [-0.4, -0.2) is 33.4 Å². The Morgan fingerprint density at radius 3 is 2.85 bits per heavy atom. The summed E-state index contributed by atoms with van der Waals surface area (Å²) in [5.74, 6) is 1.70. The monoisotopic (exact) mass is 368 g/mol. The van der Waals surface area contributed by atoms with E-state index in [1.807, 2.05) is 23.5 Å². The van der Waals surface area contributed by atoms with Crippen molar-refractivity contribution in [2.45, 2.75) is 11.9 Å². The fourth-order valence-electron chi connectivity index (χ4n) is 2.71. The number of carbonyl (C=O) groups excluding carboxylic acids is 1. The lowest BCUT2D eigenvalue weighted by atomic mass is 10.3. The van der Waals surface area contributed by atoms with E-state index in [4.69, 9.17) is 9.15 Å². The Morgan fingerprint density at radius 1 is 1.27 bits per heavy atom. The molecule has 0 unspecified atom stereocenters. The Labute approximate surface area is 153 Å². The maximum atomic E-state index is 12.2. The number of methoxy groups -OCH3 is 1. The highest BCUT2D eigenvalue weighted by molar-refractivity contribution is 8.00. The predicted octanol–water partition coefficient (Wildman–Crippen LogP) is 3.52. The predicted molar refractivity (Wildman–Crippen MR) is 99.8 cm³/mol. The van der Waals surface area contributed by atoms with Crippen LogP contribution in [0.15, 0.2) is 52.2 Å². The smallest absolute Gasteiger partial charge is 0.234 e. The quantitative estimate of drug-likeness (QED) is 0.543. The number of carbonyl (C=O) groups is 1. The third-order valence-electron chi connectivity index (χ3n) is 3.90. The van der Waals surface area contributed by atoms with Gasteiger partial charge in [0.05, 0.1) is 23.9 Å². The zero-order valence-corrected chi connectivity index (χ0v) is 15.0. The van der Waals surface area contributed by atoms with Gasteiger partial charge >= 0.3 is 0 Å². The van der Waals surface area contributed by atoms with E-state index in [1.165, 1.54) is 11.8 Å². The molecule has 3 aromatic heterocycles. The van der Waals surface area contributed by atoms with E-state index in [2.05, 4.69) is 15.5 Å². The lowest BCUT2D eigenvalue weighted by Gasteiger charge is -2.06. The van der Waals surface area contributed by atoms with Crippen molar-refractivity contribution in [3.63, 3.8) is 0 Å². The highest BCUT2D eigenvalue weighted by Gasteiger charge is 2.13. The normalized spacial score (nSPS) is 11.2. The number of benzene rings is 1. The second-order valence-corrected chi connectivity index (χ2v) is 6.67. The molecule has 0 aliphatic carbocycles. The fourth-order valence-corrected chi connectivity index (χ4v) is 3.46. The van der Waals surface area contributed by atoms with Crippen LogP contribution in [0.4, 0.5) is 5.69 Å². The van der Waals surface area contributed by atoms with Crippen molar-refractivity contribution < 1.29 is 13.9 Å². The molecule has 4 rings (SSSR count). The minimum atomic E-state index is -0.116. The molecule has 0 spiro atoms. The molecule has 0 aliphatic heterocycles. The second-order valence-electron chi connectivity index (χ2n) is 5.71. The summed E-state index contributed by atoms with van der Waals surface area (Å²) in [5.41, 5.74) is 3.31. The molecule has 0 fully saturated rings. The third-order valence-corrected chi connectivity index (χ3v) is 4.87. The number of anilines is 1. The number of furan rings is 1. The van der Waals surface area contributed by atoms with Gasteiger partial charge in [-0.05, 0) is 31.2 Å². The molecule has 0 radical (unpaired) electrons. The summed E-state index contributed by atoms with van der Waals surface area (Å²) in [6.07, 6.45) is 1.65. The van der Waals surface area contributed by atoms with Gasteiger partial charge in [-0.25, -0.2) is 0 Å². The van der Waals surface area contributed by atoms with Crippen LogP contribution in [0.2, 0.25) is 0 Å². The molecule has 4 aromatic rings. The van der Waals surface area contributed by atoms with Crippen LogP contribution in [0.25, 0.3) is 16.6 Å². The van der Waals surface area contributed by atoms with Gasteiger partial charge in [0.2, 0.25) is 5.91 Å². The Kier molecular flexibility index (Phi) is 4.26. The maximum Gasteiger partial charge on any atom is 0.234 e. The van der Waals surface area contributed by atoms with Crippen molar-refractivity contribution in [1.29, 1.82) is 0 Å². The molecule has 8 heteroatoms. The summed E-state index contributed by atoms with van der Waals surface area (Å²) in [6.45, 7) is 1.90. The first-order chi connectivity index (χ1) is 12.6. The molecule has 1 aromatic carbocycles. The molecule has 3 heterocycles. The number of rotatable bonds is 5. The summed E-state index contributed by atoms with van der Waals surface area (Å²) in [6, 6.07) is 11.1. The maximum absolute atomic E-state index is 12.2. The molecule has 1 amide bonds. The number of amides is 1. The van der Waals surface area contributed by atoms with Gasteiger partial charge in [0, 0.05) is 17.8 Å². The number of hydrogen-bond donors (Lipinski definition) is 1. The van der Waals surface area contributed by atoms with Crippen LogP contribution < -0.4 is 10.1 Å². The van der Waals surface area contributed by atoms with Crippen molar-refractivity contribution in [2.75, 3.05) is 18.2 Å². The first-order valence-corrected chi connectivity index (χ1v) is 8.92. The van der Waals surface area contributed by atoms with Crippen LogP contribution in [0.5, 0.6) is 5.75 Å². The van der Waals surface area contributed by atoms with E-state index >= 15 is 0 Å². The zero-order chi connectivity index (χ0) is 18.1. The fraction of sp³-hybridized carbons (Fsp3) is 0.167. The molecule has 7 nitrogen and oxygen atoms in total. The van der Waals surface area contributed by atoms with Crippen LogP contribution in [0.1, 0.15) is 5.76 Å². The van der Waals surface area contributed by atoms with E-state index in [0.717, 1.165) is 33.8 Å². The van der Waals surface area contributed by atoms with E-state index in [9.17, 15) is 4.79 Å². The molecule has 132 valence electrons. The lowest BCUT2D eigenvalue weighted by molar-refractivity contribution is -0.113. The van der Waals surface area contributed by atoms with Crippen molar-refractivity contribution in [2.24, 2.45) is 0 Å². The Hall–Kier alpha value is -3.00. The van der Waals surface area contributed by atoms with E-state index in [1.54, 1.807) is 37.7 Å². The third kappa shape index (κ3) is 3.11. The average molecular weight is 368 g/mol. The number of aryl methyl sites for hydroxylation is 1. The van der Waals surface area contributed by atoms with E-state index < -0.39 is 0 Å². The van der Waals surface area contributed by atoms with Gasteiger partial charge < -0.3 is 14.5 Å². The van der Waals surface area contributed by atoms with Gasteiger partial charge in [0.25, 0.3) is 0 Å². The molecular formula is C18H16N4O3S. The van der Waals surface area contributed by atoms with Crippen LogP contribution in [-0.2, 0) is 4.79 Å². The largest absolute Gasteiger partial charge is 0.497 e. The number of fused-ring (bicyclic) bond motifs is 3. The zero-order valence-electron chi connectivity index (χ0n) is 14.2. The number of ether oxygens (including phenoxy) is 1. The standard InChI is InChI=1S/C18H16N4O3S/c1-11-7-14-16(25-11)8-15-18(21-19-10-22(14)15)26-9-17(23)20-12-3-5-13(24-2)6-4-12/h3-8,10H,9H2,1-2H3,(H,20,23). The minimum absolute atomic E-state index is 0.116. The number of thioether (sulfide) groups is 1. The summed E-state index contributed by atoms with van der Waals surface area (Å²) < 4.78 is 12.7. The number of nitrogens with zero attached hydrogens (tertiary/aromatic N) is 3. The van der Waals surface area contributed by atoms with Gasteiger partial charge in [-0.2, -0.15) is 0 Å². The summed E-state index contributed by atoms with van der Waals surface area (Å²) >= 11 is 1.33. The first-order valence-electron chi connectivity index (χ1n) is 7.93. The van der Waals surface area contributed by atoms with Crippen molar-refractivity contribution in [3.8, 4) is 5.75 Å². The van der Waals surface area contributed by atoms with Gasteiger partial charge in [-0.1, -0.05) is 11.8 Å². The summed E-state index contributed by atoms with van der Waals surface area (Å²) in [4.78, 5) is 12.2. The molecule has 0 aliphatic rings. The molecule has 0 atom stereocenters. The Balaban J connectivity index is 1.48. The number of nitrogens with one attached hydrogen (secondary N) is 1. The second kappa shape index (κ2) is 6.72. The van der Waals surface area contributed by atoms with Crippen LogP contribution >= 0.6 is 11.8 Å². The van der Waals surface area contributed by atoms with Crippen LogP contribution in [0, 0.1) is 6.92 Å². The SMILES string of the molecule is COc1ccc(NC(=O)CSc2nncn3c2cc2oc(C)cc23)cc1. The highest BCUT2D eigenvalue weighted by atomic mass is 32.2. The Morgan fingerprint density at radius 2 is 2.08 bits per heavy atom. The molecule has 0 saturated heterocycles. The number of aromatic nitrogens is 3. The first kappa shape index (κ1) is 16.5.